The molecule has 2 aromatic carbocycles. The van der Waals surface area contributed by atoms with Crippen LogP contribution in [0.5, 0.6) is 5.75 Å². The normalized spacial score (nSPS) is 14.7. The largest absolute Gasteiger partial charge is 0.506 e. The monoisotopic (exact) mass is 484 g/mol. The Kier molecular flexibility index (Phi) is 6.91. The number of pyridine rings is 1. The Morgan fingerprint density at radius 2 is 1.85 bits per heavy atom. The van der Waals surface area contributed by atoms with Crippen LogP contribution < -0.4 is 21.1 Å². The van der Waals surface area contributed by atoms with Gasteiger partial charge in [-0.3, -0.25) is 9.59 Å². The van der Waals surface area contributed by atoms with Gasteiger partial charge in [0.2, 0.25) is 0 Å². The van der Waals surface area contributed by atoms with Crippen LogP contribution in [0.15, 0.2) is 41.2 Å². The van der Waals surface area contributed by atoms with E-state index in [1.807, 2.05) is 25.8 Å². The number of carbonyl (C=O) groups excluding carboxylic acids is 1. The van der Waals surface area contributed by atoms with Gasteiger partial charge < -0.3 is 24.8 Å². The summed E-state index contributed by atoms with van der Waals surface area (Å²) in [6, 6.07) is 9.84. The number of para-hydroxylation sites is 1. The summed E-state index contributed by atoms with van der Waals surface area (Å²) in [6.45, 7) is 7.43. The number of halogens is 1. The first-order valence-electron chi connectivity index (χ1n) is 11.4. The standard InChI is InChI=1S/C25H30FN4O3P/c1-15(2)14-30-19-7-5-4-6-17(19)23(31)21(25(30)33)24(32)27-16-12-18(26)22(20(34)13-16)29-10-8-28(3)9-11-29/h4-7,12-13,15,31H,8-11,14,34H2,1-3H3,(H,27,32). The topological polar surface area (TPSA) is 77.8 Å². The predicted octanol–water partition coefficient (Wildman–Crippen LogP) is 3.01. The van der Waals surface area contributed by atoms with Gasteiger partial charge in [0.05, 0.1) is 11.2 Å². The Hall–Kier alpha value is -2.96. The predicted molar refractivity (Wildman–Crippen MR) is 138 cm³/mol. The van der Waals surface area contributed by atoms with Crippen LogP contribution in [0.4, 0.5) is 15.8 Å². The molecule has 3 aromatic rings. The van der Waals surface area contributed by atoms with Gasteiger partial charge in [0.15, 0.2) is 0 Å². The van der Waals surface area contributed by atoms with Crippen LogP contribution in [0.25, 0.3) is 10.9 Å². The van der Waals surface area contributed by atoms with Gasteiger partial charge in [-0.25, -0.2) is 4.39 Å². The van der Waals surface area contributed by atoms with Crippen molar-refractivity contribution in [1.82, 2.24) is 9.47 Å². The van der Waals surface area contributed by atoms with Crippen molar-refractivity contribution in [2.24, 2.45) is 5.92 Å². The van der Waals surface area contributed by atoms with Crippen molar-refractivity contribution in [3.8, 4) is 5.75 Å². The van der Waals surface area contributed by atoms with Crippen LogP contribution in [-0.2, 0) is 6.54 Å². The van der Waals surface area contributed by atoms with Crippen LogP contribution in [0.1, 0.15) is 24.2 Å². The minimum atomic E-state index is -0.776. The Morgan fingerprint density at radius 1 is 1.18 bits per heavy atom. The molecule has 9 heteroatoms. The number of carbonyl (C=O) groups is 1. The number of nitrogens with one attached hydrogen (secondary N) is 1. The molecule has 0 radical (unpaired) electrons. The molecule has 1 aromatic heterocycles. The maximum absolute atomic E-state index is 15.1. The van der Waals surface area contributed by atoms with Gasteiger partial charge >= 0.3 is 0 Å². The van der Waals surface area contributed by atoms with Crippen molar-refractivity contribution in [3.63, 3.8) is 0 Å². The van der Waals surface area contributed by atoms with Gasteiger partial charge in [0.25, 0.3) is 11.5 Å². The number of fused-ring (bicyclic) bond motifs is 1. The number of aromatic hydroxyl groups is 1. The number of amides is 1. The van der Waals surface area contributed by atoms with Crippen LogP contribution >= 0.6 is 9.24 Å². The molecule has 180 valence electrons. The molecule has 0 spiro atoms. The van der Waals surface area contributed by atoms with E-state index in [1.165, 1.54) is 10.6 Å². The zero-order valence-corrected chi connectivity index (χ0v) is 20.8. The van der Waals surface area contributed by atoms with Gasteiger partial charge in [-0.2, -0.15) is 0 Å². The second-order valence-corrected chi connectivity index (χ2v) is 9.81. The molecular weight excluding hydrogens is 454 g/mol. The van der Waals surface area contributed by atoms with Crippen LogP contribution in [0.2, 0.25) is 0 Å². The summed E-state index contributed by atoms with van der Waals surface area (Å²) in [5, 5.41) is 14.5. The zero-order valence-electron chi connectivity index (χ0n) is 19.6. The number of hydrogen-bond acceptors (Lipinski definition) is 5. The summed E-state index contributed by atoms with van der Waals surface area (Å²) < 4.78 is 16.6. The summed E-state index contributed by atoms with van der Waals surface area (Å²) in [4.78, 5) is 30.6. The zero-order chi connectivity index (χ0) is 24.6. The molecule has 34 heavy (non-hydrogen) atoms. The van der Waals surface area contributed by atoms with Gasteiger partial charge in [-0.15, -0.1) is 9.24 Å². The first-order chi connectivity index (χ1) is 16.2. The van der Waals surface area contributed by atoms with E-state index < -0.39 is 17.3 Å². The molecule has 2 heterocycles. The lowest BCUT2D eigenvalue weighted by Gasteiger charge is -2.35. The molecule has 1 amide bonds. The Labute approximate surface area is 200 Å². The van der Waals surface area contributed by atoms with E-state index in [2.05, 4.69) is 19.5 Å². The highest BCUT2D eigenvalue weighted by Gasteiger charge is 2.24. The first kappa shape index (κ1) is 24.2. The lowest BCUT2D eigenvalue weighted by atomic mass is 10.1. The number of anilines is 2. The van der Waals surface area contributed by atoms with Gasteiger partial charge in [-0.1, -0.05) is 26.0 Å². The van der Waals surface area contributed by atoms with Gasteiger partial charge in [-0.05, 0) is 42.5 Å². The molecular formula is C25H30FN4O3P. The van der Waals surface area contributed by atoms with Crippen molar-refractivity contribution in [2.45, 2.75) is 20.4 Å². The van der Waals surface area contributed by atoms with E-state index in [9.17, 15) is 14.7 Å². The number of likely N-dealkylation sites (N-methyl/N-ethyl adjacent to an activating group) is 1. The average molecular weight is 485 g/mol. The van der Waals surface area contributed by atoms with E-state index >= 15 is 4.39 Å². The fourth-order valence-corrected chi connectivity index (χ4v) is 4.89. The van der Waals surface area contributed by atoms with Gasteiger partial charge in [0, 0.05) is 43.8 Å². The van der Waals surface area contributed by atoms with E-state index in [0.29, 0.717) is 41.5 Å². The summed E-state index contributed by atoms with van der Waals surface area (Å²) in [7, 11) is 4.56. The molecule has 1 aliphatic heterocycles. The van der Waals surface area contributed by atoms with Crippen LogP contribution in [0.3, 0.4) is 0 Å². The third-order valence-corrected chi connectivity index (χ3v) is 6.53. The highest BCUT2D eigenvalue weighted by molar-refractivity contribution is 7.28. The Morgan fingerprint density at radius 3 is 2.50 bits per heavy atom. The quantitative estimate of drug-likeness (QED) is 0.545. The third-order valence-electron chi connectivity index (χ3n) is 6.09. The summed E-state index contributed by atoms with van der Waals surface area (Å²) in [6.07, 6.45) is 0. The maximum Gasteiger partial charge on any atom is 0.267 e. The molecule has 4 rings (SSSR count). The SMILES string of the molecule is CC(C)Cn1c(=O)c(C(=O)Nc2cc(F)c(N3CCN(C)CC3)c(P)c2)c(O)c2ccccc21. The van der Waals surface area contributed by atoms with Crippen molar-refractivity contribution in [3.05, 3.63) is 58.1 Å². The Bertz CT molecular complexity index is 1280. The molecule has 0 bridgehead atoms. The highest BCUT2D eigenvalue weighted by atomic mass is 31.0. The Balaban J connectivity index is 1.69. The first-order valence-corrected chi connectivity index (χ1v) is 11.9. The van der Waals surface area contributed by atoms with E-state index in [4.69, 9.17) is 0 Å². The number of rotatable bonds is 5. The summed E-state index contributed by atoms with van der Waals surface area (Å²) >= 11 is 0. The molecule has 1 fully saturated rings. The fraction of sp³-hybridized carbons (Fsp3) is 0.360. The number of piperazine rings is 1. The van der Waals surface area contributed by atoms with E-state index in [-0.39, 0.29) is 22.9 Å². The number of benzene rings is 2. The van der Waals surface area contributed by atoms with Crippen molar-refractivity contribution >= 4 is 42.7 Å². The minimum absolute atomic E-state index is 0.150. The van der Waals surface area contributed by atoms with E-state index in [1.54, 1.807) is 30.3 Å². The molecule has 0 saturated carbocycles. The molecule has 1 atom stereocenters. The van der Waals surface area contributed by atoms with Crippen molar-refractivity contribution in [1.29, 1.82) is 0 Å². The lowest BCUT2D eigenvalue weighted by Crippen LogP contribution is -2.46. The summed E-state index contributed by atoms with van der Waals surface area (Å²) in [5.74, 6) is -1.45. The molecule has 1 unspecified atom stereocenters. The second kappa shape index (κ2) is 9.72. The number of hydrogen-bond donors (Lipinski definition) is 2. The molecule has 7 nitrogen and oxygen atoms in total. The van der Waals surface area contributed by atoms with Crippen molar-refractivity contribution in [2.75, 3.05) is 43.4 Å². The van der Waals surface area contributed by atoms with E-state index in [0.717, 1.165) is 13.1 Å². The number of aromatic nitrogens is 1. The third kappa shape index (κ3) is 4.65. The average Bonchev–Trinajstić information content (AvgIpc) is 2.77. The maximum atomic E-state index is 15.1. The molecule has 2 N–H and O–H groups in total. The van der Waals surface area contributed by atoms with Crippen molar-refractivity contribution < 1.29 is 14.3 Å². The minimum Gasteiger partial charge on any atom is -0.506 e. The highest BCUT2D eigenvalue weighted by Crippen LogP contribution is 2.28. The smallest absolute Gasteiger partial charge is 0.267 e. The number of nitrogens with zero attached hydrogens (tertiary/aromatic N) is 3. The second-order valence-electron chi connectivity index (χ2n) is 9.19. The molecule has 0 aliphatic carbocycles. The van der Waals surface area contributed by atoms with Crippen LogP contribution in [0, 0.1) is 11.7 Å². The fourth-order valence-electron chi connectivity index (χ4n) is 4.39. The molecule has 1 aliphatic rings. The van der Waals surface area contributed by atoms with Crippen LogP contribution in [-0.4, -0.2) is 53.7 Å². The lowest BCUT2D eigenvalue weighted by molar-refractivity contribution is 0.102. The van der Waals surface area contributed by atoms with Gasteiger partial charge in [0.1, 0.15) is 17.1 Å². The summed E-state index contributed by atoms with van der Waals surface area (Å²) in [5.41, 5.74) is 0.331. The molecule has 1 saturated heterocycles.